The molecule has 0 radical (unpaired) electrons. The lowest BCUT2D eigenvalue weighted by Gasteiger charge is -2.23. The van der Waals surface area contributed by atoms with Crippen LogP contribution < -0.4 is 24.8 Å². The third kappa shape index (κ3) is 6.24. The van der Waals surface area contributed by atoms with Gasteiger partial charge in [0.1, 0.15) is 23.4 Å². The van der Waals surface area contributed by atoms with E-state index in [1.807, 2.05) is 67.6 Å². The molecule has 1 aliphatic rings. The smallest absolute Gasteiger partial charge is 0.255 e. The number of ether oxygens (including phenoxy) is 3. The van der Waals surface area contributed by atoms with Crippen LogP contribution >= 0.6 is 0 Å². The van der Waals surface area contributed by atoms with Crippen molar-refractivity contribution in [3.05, 3.63) is 96.1 Å². The Morgan fingerprint density at radius 3 is 2.28 bits per heavy atom. The molecule has 0 aliphatic carbocycles. The van der Waals surface area contributed by atoms with E-state index in [9.17, 15) is 4.79 Å². The predicted octanol–water partition coefficient (Wildman–Crippen LogP) is 6.73. The molecular weight excluding hydrogens is 488 g/mol. The number of benzene rings is 4. The van der Waals surface area contributed by atoms with Crippen LogP contribution in [0, 0.1) is 6.92 Å². The van der Waals surface area contributed by atoms with Gasteiger partial charge < -0.3 is 24.8 Å². The van der Waals surface area contributed by atoms with Gasteiger partial charge >= 0.3 is 0 Å². The molecule has 1 aliphatic heterocycles. The first kappa shape index (κ1) is 26.3. The van der Waals surface area contributed by atoms with Gasteiger partial charge in [0.2, 0.25) is 0 Å². The first-order chi connectivity index (χ1) is 19.0. The molecule has 0 aromatic heterocycles. The third-order valence-electron chi connectivity index (χ3n) is 7.09. The summed E-state index contributed by atoms with van der Waals surface area (Å²) in [5.74, 6) is 2.15. The van der Waals surface area contributed by atoms with Gasteiger partial charge in [0.05, 0.1) is 14.2 Å². The summed E-state index contributed by atoms with van der Waals surface area (Å²) in [6, 6.07) is 27.4. The van der Waals surface area contributed by atoms with Gasteiger partial charge in [-0.1, -0.05) is 30.3 Å². The average Bonchev–Trinajstić information content (AvgIpc) is 2.98. The molecule has 4 aromatic rings. The van der Waals surface area contributed by atoms with Crippen molar-refractivity contribution in [2.45, 2.75) is 25.9 Å². The number of carbonyl (C=O) groups is 1. The molecule has 0 unspecified atom stereocenters. The standard InChI is InChI=1S/C33H34N2O4/c1-22-19-24(23-7-11-27(12-8-23)39-28-15-17-34-18-16-28)9-13-31(22)35-33(36)26-10-14-32(38-3)30(21-26)25-5-4-6-29(20-25)37-2/h4-14,19-21,28,34H,15-18H2,1-3H3,(H,35,36). The van der Waals surface area contributed by atoms with E-state index in [1.54, 1.807) is 20.3 Å². The van der Waals surface area contributed by atoms with Crippen LogP contribution in [0.2, 0.25) is 0 Å². The van der Waals surface area contributed by atoms with Gasteiger partial charge in [-0.05, 0) is 110 Å². The van der Waals surface area contributed by atoms with E-state index in [1.165, 1.54) is 0 Å². The summed E-state index contributed by atoms with van der Waals surface area (Å²) in [4.78, 5) is 13.2. The number of aryl methyl sites for hydroxylation is 1. The Hall–Kier alpha value is -4.29. The van der Waals surface area contributed by atoms with Gasteiger partial charge in [-0.3, -0.25) is 4.79 Å². The summed E-state index contributed by atoms with van der Waals surface area (Å²) < 4.78 is 17.1. The second-order valence-corrected chi connectivity index (χ2v) is 9.72. The minimum Gasteiger partial charge on any atom is -0.497 e. The van der Waals surface area contributed by atoms with Crippen LogP contribution in [0.15, 0.2) is 84.9 Å². The molecule has 5 rings (SSSR count). The molecule has 6 nitrogen and oxygen atoms in total. The Labute approximate surface area is 229 Å². The zero-order chi connectivity index (χ0) is 27.2. The molecule has 1 saturated heterocycles. The molecule has 39 heavy (non-hydrogen) atoms. The molecule has 4 aromatic carbocycles. The van der Waals surface area contributed by atoms with Gasteiger partial charge in [-0.2, -0.15) is 0 Å². The molecule has 0 saturated carbocycles. The highest BCUT2D eigenvalue weighted by Crippen LogP contribution is 2.33. The minimum atomic E-state index is -0.183. The number of anilines is 1. The lowest BCUT2D eigenvalue weighted by molar-refractivity contribution is 0.102. The van der Waals surface area contributed by atoms with Crippen molar-refractivity contribution in [1.82, 2.24) is 5.32 Å². The Balaban J connectivity index is 1.30. The van der Waals surface area contributed by atoms with E-state index >= 15 is 0 Å². The number of hydrogen-bond acceptors (Lipinski definition) is 5. The molecule has 0 atom stereocenters. The molecule has 1 amide bonds. The first-order valence-electron chi connectivity index (χ1n) is 13.3. The van der Waals surface area contributed by atoms with Gasteiger partial charge in [0.25, 0.3) is 5.91 Å². The van der Waals surface area contributed by atoms with E-state index in [-0.39, 0.29) is 12.0 Å². The summed E-state index contributed by atoms with van der Waals surface area (Å²) in [5.41, 5.74) is 6.22. The van der Waals surface area contributed by atoms with Gasteiger partial charge in [0, 0.05) is 16.8 Å². The van der Waals surface area contributed by atoms with Gasteiger partial charge in [-0.25, -0.2) is 0 Å². The monoisotopic (exact) mass is 522 g/mol. The topological polar surface area (TPSA) is 68.8 Å². The molecule has 200 valence electrons. The fourth-order valence-electron chi connectivity index (χ4n) is 4.88. The fraction of sp³-hybridized carbons (Fsp3) is 0.242. The molecule has 0 spiro atoms. The van der Waals surface area contributed by atoms with E-state index in [4.69, 9.17) is 14.2 Å². The number of methoxy groups -OCH3 is 2. The summed E-state index contributed by atoms with van der Waals surface area (Å²) >= 11 is 0. The van der Waals surface area contributed by atoms with Crippen molar-refractivity contribution in [3.63, 3.8) is 0 Å². The van der Waals surface area contributed by atoms with Crippen molar-refractivity contribution in [2.24, 2.45) is 0 Å². The number of hydrogen-bond donors (Lipinski definition) is 2. The minimum absolute atomic E-state index is 0.183. The van der Waals surface area contributed by atoms with Gasteiger partial charge in [0.15, 0.2) is 0 Å². The maximum Gasteiger partial charge on any atom is 0.255 e. The molecular formula is C33H34N2O4. The van der Waals surface area contributed by atoms with E-state index in [0.717, 1.165) is 70.9 Å². The van der Waals surface area contributed by atoms with Crippen LogP contribution in [0.4, 0.5) is 5.69 Å². The van der Waals surface area contributed by atoms with Crippen LogP contribution in [0.25, 0.3) is 22.3 Å². The highest BCUT2D eigenvalue weighted by atomic mass is 16.5. The van der Waals surface area contributed by atoms with Crippen LogP contribution in [-0.2, 0) is 0 Å². The lowest BCUT2D eigenvalue weighted by atomic mass is 10.0. The Morgan fingerprint density at radius 2 is 1.56 bits per heavy atom. The third-order valence-corrected chi connectivity index (χ3v) is 7.09. The zero-order valence-electron chi connectivity index (χ0n) is 22.6. The number of rotatable bonds is 8. The normalized spacial score (nSPS) is 13.5. The summed E-state index contributed by atoms with van der Waals surface area (Å²) in [6.45, 7) is 4.02. The zero-order valence-corrected chi connectivity index (χ0v) is 22.6. The number of piperidine rings is 1. The largest absolute Gasteiger partial charge is 0.497 e. The fourth-order valence-corrected chi connectivity index (χ4v) is 4.88. The summed E-state index contributed by atoms with van der Waals surface area (Å²) in [7, 11) is 3.26. The van der Waals surface area contributed by atoms with Crippen LogP contribution in [-0.4, -0.2) is 39.3 Å². The van der Waals surface area contributed by atoms with Crippen LogP contribution in [0.3, 0.4) is 0 Å². The van der Waals surface area contributed by atoms with Crippen molar-refractivity contribution in [3.8, 4) is 39.5 Å². The Kier molecular flexibility index (Phi) is 8.13. The van der Waals surface area contributed by atoms with Crippen molar-refractivity contribution < 1.29 is 19.0 Å². The lowest BCUT2D eigenvalue weighted by Crippen LogP contribution is -2.34. The highest BCUT2D eigenvalue weighted by molar-refractivity contribution is 6.05. The van der Waals surface area contributed by atoms with Crippen molar-refractivity contribution >= 4 is 11.6 Å². The SMILES string of the molecule is COc1cccc(-c2cc(C(=O)Nc3ccc(-c4ccc(OC5CCNCC5)cc4)cc3C)ccc2OC)c1. The maximum atomic E-state index is 13.2. The molecule has 1 fully saturated rings. The number of nitrogens with one attached hydrogen (secondary N) is 2. The number of carbonyl (C=O) groups excluding carboxylic acids is 1. The van der Waals surface area contributed by atoms with E-state index in [0.29, 0.717) is 11.3 Å². The first-order valence-corrected chi connectivity index (χ1v) is 13.3. The quantitative estimate of drug-likeness (QED) is 0.269. The number of amides is 1. The second-order valence-electron chi connectivity index (χ2n) is 9.72. The molecule has 1 heterocycles. The summed E-state index contributed by atoms with van der Waals surface area (Å²) in [5, 5.41) is 6.43. The molecule has 2 N–H and O–H groups in total. The van der Waals surface area contributed by atoms with Crippen molar-refractivity contribution in [1.29, 1.82) is 0 Å². The predicted molar refractivity (Wildman–Crippen MR) is 156 cm³/mol. The van der Waals surface area contributed by atoms with Gasteiger partial charge in [-0.15, -0.1) is 0 Å². The van der Waals surface area contributed by atoms with Crippen LogP contribution in [0.5, 0.6) is 17.2 Å². The summed E-state index contributed by atoms with van der Waals surface area (Å²) in [6.07, 6.45) is 2.35. The second kappa shape index (κ2) is 12.0. The maximum absolute atomic E-state index is 13.2. The average molecular weight is 523 g/mol. The molecule has 0 bridgehead atoms. The Bertz CT molecular complexity index is 1440. The highest BCUT2D eigenvalue weighted by Gasteiger charge is 2.16. The van der Waals surface area contributed by atoms with Crippen LogP contribution in [0.1, 0.15) is 28.8 Å². The van der Waals surface area contributed by atoms with Crippen molar-refractivity contribution in [2.75, 3.05) is 32.6 Å². The van der Waals surface area contributed by atoms with E-state index < -0.39 is 0 Å². The van der Waals surface area contributed by atoms with E-state index in [2.05, 4.69) is 28.8 Å². The molecule has 6 heteroatoms. The Morgan fingerprint density at radius 1 is 0.795 bits per heavy atom.